The predicted molar refractivity (Wildman–Crippen MR) is 115 cm³/mol. The fraction of sp³-hybridized carbons (Fsp3) is 0.909. The van der Waals surface area contributed by atoms with E-state index in [-0.39, 0.29) is 11.9 Å². The van der Waals surface area contributed by atoms with E-state index in [4.69, 9.17) is 4.99 Å². The molecule has 1 amide bonds. The lowest BCUT2D eigenvalue weighted by Crippen LogP contribution is -2.41. The highest BCUT2D eigenvalue weighted by molar-refractivity contribution is 7.80. The van der Waals surface area contributed by atoms with Gasteiger partial charge in [0.25, 0.3) is 0 Å². The average Bonchev–Trinajstić information content (AvgIpc) is 3.15. The molecule has 3 nitrogen and oxygen atoms in total. The molecule has 26 heavy (non-hydrogen) atoms. The quantitative estimate of drug-likeness (QED) is 0.449. The van der Waals surface area contributed by atoms with Crippen molar-refractivity contribution >= 4 is 24.2 Å². The number of nitrogens with zero attached hydrogens (tertiary/aromatic N) is 1. The largest absolute Gasteiger partial charge is 0.352 e. The minimum atomic E-state index is -0.244. The van der Waals surface area contributed by atoms with Gasteiger partial charge in [-0.2, -0.15) is 12.6 Å². The maximum absolute atomic E-state index is 12.9. The Morgan fingerprint density at radius 1 is 0.923 bits per heavy atom. The first kappa shape index (κ1) is 21.8. The summed E-state index contributed by atoms with van der Waals surface area (Å²) in [5, 5.41) is 3.36. The topological polar surface area (TPSA) is 41.5 Å². The molecule has 0 bridgehead atoms. The minimum Gasteiger partial charge on any atom is -0.352 e. The van der Waals surface area contributed by atoms with E-state index in [1.807, 2.05) is 0 Å². The van der Waals surface area contributed by atoms with Gasteiger partial charge in [0.15, 0.2) is 0 Å². The molecule has 0 radical (unpaired) electrons. The predicted octanol–water partition coefficient (Wildman–Crippen LogP) is 5.73. The van der Waals surface area contributed by atoms with Crippen molar-refractivity contribution in [2.75, 3.05) is 5.75 Å². The molecule has 0 unspecified atom stereocenters. The molecule has 2 saturated carbocycles. The molecule has 1 atom stereocenters. The summed E-state index contributed by atoms with van der Waals surface area (Å²) in [7, 11) is 0. The van der Waals surface area contributed by atoms with Gasteiger partial charge in [-0.05, 0) is 50.7 Å². The number of thiol groups is 1. The zero-order valence-electron chi connectivity index (χ0n) is 16.8. The van der Waals surface area contributed by atoms with Crippen LogP contribution >= 0.6 is 12.6 Å². The van der Waals surface area contributed by atoms with Crippen molar-refractivity contribution in [2.24, 2.45) is 10.9 Å². The second kappa shape index (κ2) is 12.8. The van der Waals surface area contributed by atoms with Crippen molar-refractivity contribution < 1.29 is 4.79 Å². The third-order valence-electron chi connectivity index (χ3n) is 6.21. The van der Waals surface area contributed by atoms with Crippen molar-refractivity contribution in [2.45, 2.75) is 115 Å². The highest BCUT2D eigenvalue weighted by Crippen LogP contribution is 2.26. The molecule has 1 N–H and O–H groups in total. The molecule has 2 fully saturated rings. The molecule has 0 aromatic heterocycles. The van der Waals surface area contributed by atoms with Gasteiger partial charge < -0.3 is 5.32 Å². The van der Waals surface area contributed by atoms with Crippen LogP contribution in [0.2, 0.25) is 0 Å². The van der Waals surface area contributed by atoms with Crippen LogP contribution in [0.25, 0.3) is 0 Å². The van der Waals surface area contributed by atoms with Gasteiger partial charge in [-0.3, -0.25) is 9.79 Å². The average molecular weight is 381 g/mol. The summed E-state index contributed by atoms with van der Waals surface area (Å²) in [5.74, 6) is 1.45. The third kappa shape index (κ3) is 8.02. The zero-order valence-corrected chi connectivity index (χ0v) is 17.7. The van der Waals surface area contributed by atoms with Crippen molar-refractivity contribution in [3.8, 4) is 0 Å². The zero-order chi connectivity index (χ0) is 18.6. The number of nitrogens with one attached hydrogen (secondary N) is 1. The molecule has 2 aliphatic carbocycles. The van der Waals surface area contributed by atoms with Crippen LogP contribution < -0.4 is 5.32 Å². The van der Waals surface area contributed by atoms with E-state index < -0.39 is 0 Å². The molecule has 2 aliphatic rings. The number of rotatable bonds is 6. The molecular weight excluding hydrogens is 340 g/mol. The Labute approximate surface area is 166 Å². The summed E-state index contributed by atoms with van der Waals surface area (Å²) >= 11 is 4.37. The number of hydrogen-bond acceptors (Lipinski definition) is 3. The van der Waals surface area contributed by atoms with E-state index in [2.05, 4.69) is 24.9 Å². The first-order valence-corrected chi connectivity index (χ1v) is 11.8. The van der Waals surface area contributed by atoms with Gasteiger partial charge in [-0.15, -0.1) is 0 Å². The van der Waals surface area contributed by atoms with E-state index >= 15 is 0 Å². The van der Waals surface area contributed by atoms with Crippen LogP contribution in [0.5, 0.6) is 0 Å². The van der Waals surface area contributed by atoms with Gasteiger partial charge in [0.05, 0.1) is 0 Å². The summed E-state index contributed by atoms with van der Waals surface area (Å²) in [6.07, 6.45) is 18.7. The molecule has 0 saturated heterocycles. The van der Waals surface area contributed by atoms with Gasteiger partial charge in [0, 0.05) is 11.8 Å². The van der Waals surface area contributed by atoms with Crippen LogP contribution in [0.15, 0.2) is 4.99 Å². The lowest BCUT2D eigenvalue weighted by molar-refractivity contribution is -0.123. The lowest BCUT2D eigenvalue weighted by atomic mass is 10.0. The van der Waals surface area contributed by atoms with Crippen LogP contribution in [-0.2, 0) is 4.79 Å². The van der Waals surface area contributed by atoms with Crippen molar-refractivity contribution in [1.82, 2.24) is 5.32 Å². The van der Waals surface area contributed by atoms with E-state index in [9.17, 15) is 4.79 Å². The monoisotopic (exact) mass is 380 g/mol. The normalized spacial score (nSPS) is 23.4. The van der Waals surface area contributed by atoms with Crippen LogP contribution in [0.4, 0.5) is 0 Å². The SMILES string of the molecule is CC(=N[C@@H](CCS)C(=O)NC1CCCCCCCCCC1)C1CCCC1. The number of aliphatic imine (C=N–C) groups is 1. The Balaban J connectivity index is 1.91. The van der Waals surface area contributed by atoms with Crippen LogP contribution in [-0.4, -0.2) is 29.5 Å². The van der Waals surface area contributed by atoms with Gasteiger partial charge in [-0.25, -0.2) is 0 Å². The Hall–Kier alpha value is -0.510. The number of carbonyl (C=O) groups is 1. The summed E-state index contributed by atoms with van der Waals surface area (Å²) in [4.78, 5) is 17.8. The molecule has 0 aromatic rings. The first-order chi connectivity index (χ1) is 12.7. The second-order valence-corrected chi connectivity index (χ2v) is 8.84. The Morgan fingerprint density at radius 2 is 1.42 bits per heavy atom. The number of carbonyl (C=O) groups excluding carboxylic acids is 1. The third-order valence-corrected chi connectivity index (χ3v) is 6.47. The van der Waals surface area contributed by atoms with Gasteiger partial charge >= 0.3 is 0 Å². The van der Waals surface area contributed by atoms with Crippen molar-refractivity contribution in [3.05, 3.63) is 0 Å². The van der Waals surface area contributed by atoms with Gasteiger partial charge in [0.1, 0.15) is 6.04 Å². The molecule has 0 aliphatic heterocycles. The Morgan fingerprint density at radius 3 is 1.96 bits per heavy atom. The molecule has 4 heteroatoms. The van der Waals surface area contributed by atoms with Crippen molar-refractivity contribution in [3.63, 3.8) is 0 Å². The van der Waals surface area contributed by atoms with Gasteiger partial charge in [0.2, 0.25) is 5.91 Å². The lowest BCUT2D eigenvalue weighted by Gasteiger charge is -2.22. The van der Waals surface area contributed by atoms with Gasteiger partial charge in [-0.1, -0.05) is 64.2 Å². The van der Waals surface area contributed by atoms with E-state index in [0.717, 1.165) is 19.3 Å². The molecule has 0 spiro atoms. The molecule has 2 rings (SSSR count). The molecular formula is C22H40N2OS. The highest BCUT2D eigenvalue weighted by atomic mass is 32.1. The van der Waals surface area contributed by atoms with Crippen LogP contribution in [0, 0.1) is 5.92 Å². The van der Waals surface area contributed by atoms with Crippen molar-refractivity contribution in [1.29, 1.82) is 0 Å². The summed E-state index contributed by atoms with van der Waals surface area (Å²) in [6.45, 7) is 2.13. The number of hydrogen-bond donors (Lipinski definition) is 2. The maximum atomic E-state index is 12.9. The molecule has 0 aromatic carbocycles. The summed E-state index contributed by atoms with van der Waals surface area (Å²) < 4.78 is 0. The summed E-state index contributed by atoms with van der Waals surface area (Å²) in [6, 6.07) is 0.0938. The molecule has 150 valence electrons. The number of amides is 1. The van der Waals surface area contributed by atoms with E-state index in [0.29, 0.717) is 17.7 Å². The van der Waals surface area contributed by atoms with Crippen LogP contribution in [0.1, 0.15) is 103 Å². The standard InChI is InChI=1S/C22H40N2OS/c1-18(19-12-10-11-13-19)23-21(16-17-26)22(25)24-20-14-8-6-4-2-3-5-7-9-15-20/h19-21,26H,2-17H2,1H3,(H,24,25)/t21-/m0/s1. The summed E-state index contributed by atoms with van der Waals surface area (Å²) in [5.41, 5.74) is 1.19. The second-order valence-electron chi connectivity index (χ2n) is 8.39. The van der Waals surface area contributed by atoms with Crippen LogP contribution in [0.3, 0.4) is 0 Å². The minimum absolute atomic E-state index is 0.135. The maximum Gasteiger partial charge on any atom is 0.245 e. The fourth-order valence-electron chi connectivity index (χ4n) is 4.50. The smallest absolute Gasteiger partial charge is 0.245 e. The van der Waals surface area contributed by atoms with E-state index in [1.54, 1.807) is 0 Å². The first-order valence-electron chi connectivity index (χ1n) is 11.2. The Kier molecular flexibility index (Phi) is 10.7. The highest BCUT2D eigenvalue weighted by Gasteiger charge is 2.23. The van der Waals surface area contributed by atoms with E-state index in [1.165, 1.54) is 82.8 Å². The fourth-order valence-corrected chi connectivity index (χ4v) is 4.74. The molecule has 0 heterocycles. The Bertz CT molecular complexity index is 420.